The second-order valence-corrected chi connectivity index (χ2v) is 8.08. The van der Waals surface area contributed by atoms with E-state index in [0.717, 1.165) is 31.2 Å². The van der Waals surface area contributed by atoms with E-state index in [2.05, 4.69) is 21.9 Å². The van der Waals surface area contributed by atoms with Crippen LogP contribution in [0.5, 0.6) is 0 Å². The van der Waals surface area contributed by atoms with Gasteiger partial charge in [0.2, 0.25) is 10.0 Å². The minimum Gasteiger partial charge on any atom is -0.332 e. The first kappa shape index (κ1) is 18.7. The summed E-state index contributed by atoms with van der Waals surface area (Å²) in [5.41, 5.74) is 2.04. The molecule has 134 valence electrons. The second-order valence-electron chi connectivity index (χ2n) is 6.24. The van der Waals surface area contributed by atoms with E-state index in [1.54, 1.807) is 11.1 Å². The van der Waals surface area contributed by atoms with Crippen molar-refractivity contribution in [2.24, 2.45) is 5.92 Å². The van der Waals surface area contributed by atoms with Crippen LogP contribution in [0, 0.1) is 5.92 Å². The van der Waals surface area contributed by atoms with Crippen molar-refractivity contribution in [2.75, 3.05) is 25.9 Å². The number of aromatic nitrogens is 1. The van der Waals surface area contributed by atoms with Crippen molar-refractivity contribution in [3.05, 3.63) is 29.6 Å². The molecule has 0 radical (unpaired) electrons. The minimum atomic E-state index is -3.19. The molecule has 0 aromatic carbocycles. The number of nitrogens with one attached hydrogen (secondary N) is 2. The van der Waals surface area contributed by atoms with Gasteiger partial charge in [-0.05, 0) is 42.9 Å². The summed E-state index contributed by atoms with van der Waals surface area (Å²) >= 11 is 0. The number of rotatable bonds is 6. The second kappa shape index (κ2) is 8.43. The highest BCUT2D eigenvalue weighted by molar-refractivity contribution is 7.88. The number of likely N-dealkylation sites (tertiary alicyclic amines) is 1. The quantitative estimate of drug-likeness (QED) is 0.801. The fraction of sp³-hybridized carbons (Fsp3) is 0.625. The molecule has 1 unspecified atom stereocenters. The van der Waals surface area contributed by atoms with Crippen LogP contribution in [-0.2, 0) is 23.0 Å². The Labute approximate surface area is 143 Å². The van der Waals surface area contributed by atoms with Crippen molar-refractivity contribution < 1.29 is 13.2 Å². The van der Waals surface area contributed by atoms with Crippen molar-refractivity contribution in [1.29, 1.82) is 0 Å². The standard InChI is InChI=1S/C16H26N4O3S/c1-3-13-6-7-17-15(9-13)11-18-16(21)20-8-4-5-14(12-20)10-19-24(2,22)23/h6-7,9,14,19H,3-5,8,10-12H2,1-2H3,(H,18,21). The molecule has 0 bridgehead atoms. The molecule has 24 heavy (non-hydrogen) atoms. The molecule has 2 rings (SSSR count). The van der Waals surface area contributed by atoms with Gasteiger partial charge in [-0.1, -0.05) is 6.92 Å². The summed E-state index contributed by atoms with van der Waals surface area (Å²) < 4.78 is 24.9. The lowest BCUT2D eigenvalue weighted by Crippen LogP contribution is -2.47. The summed E-state index contributed by atoms with van der Waals surface area (Å²) in [4.78, 5) is 18.3. The maximum Gasteiger partial charge on any atom is 0.317 e. The Morgan fingerprint density at radius 3 is 2.96 bits per heavy atom. The SMILES string of the molecule is CCc1ccnc(CNC(=O)N2CCCC(CNS(C)(=O)=O)C2)c1. The number of sulfonamides is 1. The molecule has 0 spiro atoms. The molecule has 1 aromatic rings. The normalized spacial score (nSPS) is 18.4. The van der Waals surface area contributed by atoms with Crippen LogP contribution in [0.2, 0.25) is 0 Å². The summed E-state index contributed by atoms with van der Waals surface area (Å²) in [5.74, 6) is 0.153. The maximum absolute atomic E-state index is 12.3. The van der Waals surface area contributed by atoms with E-state index in [1.807, 2.05) is 12.1 Å². The third-order valence-electron chi connectivity index (χ3n) is 4.15. The van der Waals surface area contributed by atoms with E-state index in [4.69, 9.17) is 0 Å². The molecular weight excluding hydrogens is 328 g/mol. The van der Waals surface area contributed by atoms with Gasteiger partial charge in [0.1, 0.15) is 0 Å². The number of amides is 2. The fourth-order valence-corrected chi connectivity index (χ4v) is 3.35. The topological polar surface area (TPSA) is 91.4 Å². The van der Waals surface area contributed by atoms with Crippen LogP contribution in [0.3, 0.4) is 0 Å². The number of hydrogen-bond donors (Lipinski definition) is 2. The predicted molar refractivity (Wildman–Crippen MR) is 93.0 cm³/mol. The van der Waals surface area contributed by atoms with Crippen molar-refractivity contribution >= 4 is 16.1 Å². The summed E-state index contributed by atoms with van der Waals surface area (Å²) in [6, 6.07) is 3.84. The monoisotopic (exact) mass is 354 g/mol. The van der Waals surface area contributed by atoms with Crippen LogP contribution in [-0.4, -0.2) is 50.2 Å². The fourth-order valence-electron chi connectivity index (χ4n) is 2.81. The van der Waals surface area contributed by atoms with Gasteiger partial charge in [-0.15, -0.1) is 0 Å². The zero-order valence-corrected chi connectivity index (χ0v) is 15.1. The van der Waals surface area contributed by atoms with Gasteiger partial charge >= 0.3 is 6.03 Å². The Hall–Kier alpha value is -1.67. The van der Waals surface area contributed by atoms with Crippen LogP contribution in [0.15, 0.2) is 18.3 Å². The summed E-state index contributed by atoms with van der Waals surface area (Å²) in [5, 5.41) is 2.90. The molecule has 1 atom stereocenters. The van der Waals surface area contributed by atoms with Gasteiger partial charge in [-0.3, -0.25) is 4.98 Å². The van der Waals surface area contributed by atoms with E-state index in [-0.39, 0.29) is 11.9 Å². The molecule has 1 aliphatic rings. The lowest BCUT2D eigenvalue weighted by atomic mass is 9.99. The van der Waals surface area contributed by atoms with Gasteiger partial charge < -0.3 is 10.2 Å². The maximum atomic E-state index is 12.3. The van der Waals surface area contributed by atoms with Gasteiger partial charge in [0.15, 0.2) is 0 Å². The van der Waals surface area contributed by atoms with E-state index < -0.39 is 10.0 Å². The molecule has 1 aromatic heterocycles. The van der Waals surface area contributed by atoms with Gasteiger partial charge in [0, 0.05) is 25.8 Å². The van der Waals surface area contributed by atoms with Crippen molar-refractivity contribution in [3.8, 4) is 0 Å². The van der Waals surface area contributed by atoms with Crippen molar-refractivity contribution in [2.45, 2.75) is 32.7 Å². The average Bonchev–Trinajstić information content (AvgIpc) is 2.57. The molecule has 7 nitrogen and oxygen atoms in total. The lowest BCUT2D eigenvalue weighted by molar-refractivity contribution is 0.166. The lowest BCUT2D eigenvalue weighted by Gasteiger charge is -2.32. The Kier molecular flexibility index (Phi) is 6.56. The number of piperidine rings is 1. The smallest absolute Gasteiger partial charge is 0.317 e. The number of carbonyl (C=O) groups excluding carboxylic acids is 1. The number of carbonyl (C=O) groups is 1. The van der Waals surface area contributed by atoms with Gasteiger partial charge in [-0.2, -0.15) is 0 Å². The van der Waals surface area contributed by atoms with Crippen LogP contribution in [0.4, 0.5) is 4.79 Å². The molecule has 0 aliphatic carbocycles. The zero-order valence-electron chi connectivity index (χ0n) is 14.3. The molecule has 1 saturated heterocycles. The Morgan fingerprint density at radius 1 is 1.46 bits per heavy atom. The van der Waals surface area contributed by atoms with Gasteiger partial charge in [-0.25, -0.2) is 17.9 Å². The molecule has 8 heteroatoms. The van der Waals surface area contributed by atoms with E-state index in [0.29, 0.717) is 26.2 Å². The van der Waals surface area contributed by atoms with Crippen LogP contribution < -0.4 is 10.0 Å². The summed E-state index contributed by atoms with van der Waals surface area (Å²) in [6.45, 7) is 4.12. The highest BCUT2D eigenvalue weighted by Gasteiger charge is 2.24. The first-order valence-corrected chi connectivity index (χ1v) is 10.2. The molecule has 2 N–H and O–H groups in total. The summed E-state index contributed by atoms with van der Waals surface area (Å²) in [6.07, 6.45) is 5.65. The Morgan fingerprint density at radius 2 is 2.25 bits per heavy atom. The molecule has 2 amide bonds. The first-order chi connectivity index (χ1) is 11.4. The Bertz CT molecular complexity index is 663. The van der Waals surface area contributed by atoms with Crippen LogP contribution in [0.25, 0.3) is 0 Å². The molecular formula is C16H26N4O3S. The number of urea groups is 1. The average molecular weight is 354 g/mol. The zero-order chi connectivity index (χ0) is 17.6. The minimum absolute atomic E-state index is 0.122. The highest BCUT2D eigenvalue weighted by Crippen LogP contribution is 2.16. The predicted octanol–water partition coefficient (Wildman–Crippen LogP) is 1.11. The number of nitrogens with zero attached hydrogens (tertiary/aromatic N) is 2. The largest absolute Gasteiger partial charge is 0.332 e. The third-order valence-corrected chi connectivity index (χ3v) is 4.84. The van der Waals surface area contributed by atoms with E-state index in [1.165, 1.54) is 5.56 Å². The number of pyridine rings is 1. The molecule has 0 saturated carbocycles. The molecule has 1 fully saturated rings. The molecule has 2 heterocycles. The highest BCUT2D eigenvalue weighted by atomic mass is 32.2. The van der Waals surface area contributed by atoms with Crippen molar-refractivity contribution in [3.63, 3.8) is 0 Å². The van der Waals surface area contributed by atoms with Crippen LogP contribution >= 0.6 is 0 Å². The number of aryl methyl sites for hydroxylation is 1. The third kappa shape index (κ3) is 6.09. The van der Waals surface area contributed by atoms with Gasteiger partial charge in [0.05, 0.1) is 18.5 Å². The Balaban J connectivity index is 1.83. The molecule has 1 aliphatic heterocycles. The van der Waals surface area contributed by atoms with E-state index in [9.17, 15) is 13.2 Å². The van der Waals surface area contributed by atoms with Crippen molar-refractivity contribution in [1.82, 2.24) is 19.9 Å². The van der Waals surface area contributed by atoms with Crippen LogP contribution in [0.1, 0.15) is 31.0 Å². The first-order valence-electron chi connectivity index (χ1n) is 8.28. The van der Waals surface area contributed by atoms with Gasteiger partial charge in [0.25, 0.3) is 0 Å². The number of hydrogen-bond acceptors (Lipinski definition) is 4. The summed E-state index contributed by atoms with van der Waals surface area (Å²) in [7, 11) is -3.19. The van der Waals surface area contributed by atoms with E-state index >= 15 is 0 Å².